The van der Waals surface area contributed by atoms with Crippen molar-refractivity contribution in [2.24, 2.45) is 10.3 Å². The molecule has 0 saturated heterocycles. The normalized spacial score (nSPS) is 12.2. The maximum absolute atomic E-state index is 5.17. The van der Waals surface area contributed by atoms with Crippen LogP contribution in [0.5, 0.6) is 0 Å². The van der Waals surface area contributed by atoms with Crippen LogP contribution in [-0.4, -0.2) is 25.1 Å². The van der Waals surface area contributed by atoms with Crippen molar-refractivity contribution in [1.82, 2.24) is 0 Å². The molecule has 4 heteroatoms. The molecule has 0 spiro atoms. The first-order valence-electron chi connectivity index (χ1n) is 7.12. The smallest absolute Gasteiger partial charge is 0.114 e. The van der Waals surface area contributed by atoms with Gasteiger partial charge in [-0.3, -0.25) is 0 Å². The predicted octanol–water partition coefficient (Wildman–Crippen LogP) is 3.96. The van der Waals surface area contributed by atoms with E-state index < -0.39 is 0 Å². The molecule has 1 aromatic rings. The third-order valence-electron chi connectivity index (χ3n) is 2.78. The minimum atomic E-state index is 0.524. The Morgan fingerprint density at radius 2 is 1.75 bits per heavy atom. The van der Waals surface area contributed by atoms with Gasteiger partial charge in [-0.1, -0.05) is 48.4 Å². The number of hydrogen-bond donors (Lipinski definition) is 0. The first kappa shape index (κ1) is 16.2. The van der Waals surface area contributed by atoms with E-state index in [0.717, 1.165) is 11.3 Å². The van der Waals surface area contributed by atoms with Crippen LogP contribution < -0.4 is 0 Å². The summed E-state index contributed by atoms with van der Waals surface area (Å²) in [6.07, 6.45) is 2.29. The van der Waals surface area contributed by atoms with Gasteiger partial charge in [-0.2, -0.15) is 0 Å². The van der Waals surface area contributed by atoms with Crippen molar-refractivity contribution < 1.29 is 9.68 Å². The van der Waals surface area contributed by atoms with Crippen LogP contribution in [0.25, 0.3) is 0 Å². The number of oxime groups is 2. The van der Waals surface area contributed by atoms with Crippen molar-refractivity contribution in [1.29, 1.82) is 0 Å². The fourth-order valence-electron chi connectivity index (χ4n) is 1.66. The first-order valence-corrected chi connectivity index (χ1v) is 7.12. The second kappa shape index (κ2) is 9.13. The molecule has 0 aromatic heterocycles. The van der Waals surface area contributed by atoms with Gasteiger partial charge in [-0.25, -0.2) is 0 Å². The average Bonchev–Trinajstić information content (AvgIpc) is 2.47. The van der Waals surface area contributed by atoms with Crippen LogP contribution in [0.3, 0.4) is 0 Å². The molecular weight excluding hydrogens is 252 g/mol. The van der Waals surface area contributed by atoms with Crippen LogP contribution in [-0.2, 0) is 9.68 Å². The quantitative estimate of drug-likeness (QED) is 0.532. The second-order valence-electron chi connectivity index (χ2n) is 4.64. The lowest BCUT2D eigenvalue weighted by Gasteiger charge is -2.08. The molecule has 0 saturated carbocycles. The van der Waals surface area contributed by atoms with Crippen molar-refractivity contribution >= 4 is 11.9 Å². The zero-order valence-corrected chi connectivity index (χ0v) is 12.8. The summed E-state index contributed by atoms with van der Waals surface area (Å²) in [4.78, 5) is 10.1. The van der Waals surface area contributed by atoms with E-state index in [1.165, 1.54) is 5.56 Å². The van der Waals surface area contributed by atoms with Gasteiger partial charge in [-0.15, -0.1) is 0 Å². The summed E-state index contributed by atoms with van der Waals surface area (Å²) in [6.45, 7) is 9.29. The average molecular weight is 276 g/mol. The highest BCUT2D eigenvalue weighted by molar-refractivity contribution is 6.06. The zero-order valence-electron chi connectivity index (χ0n) is 12.8. The molecule has 0 bridgehead atoms. The molecule has 0 fully saturated rings. The number of rotatable bonds is 8. The molecule has 0 amide bonds. The monoisotopic (exact) mass is 276 g/mol. The van der Waals surface area contributed by atoms with E-state index >= 15 is 0 Å². The Labute approximate surface area is 121 Å². The molecule has 1 rings (SSSR count). The topological polar surface area (TPSA) is 43.2 Å². The largest absolute Gasteiger partial charge is 0.396 e. The van der Waals surface area contributed by atoms with Gasteiger partial charge in [0, 0.05) is 12.6 Å². The summed E-state index contributed by atoms with van der Waals surface area (Å²) in [5, 5.41) is 8.00. The molecular formula is C16H24N2O2. The molecule has 0 atom stereocenters. The molecule has 4 nitrogen and oxygen atoms in total. The van der Waals surface area contributed by atoms with Gasteiger partial charge in [0.2, 0.25) is 0 Å². The summed E-state index contributed by atoms with van der Waals surface area (Å²) in [5.74, 6) is 0.524. The minimum Gasteiger partial charge on any atom is -0.396 e. The molecule has 110 valence electrons. The van der Waals surface area contributed by atoms with Crippen LogP contribution in [0.2, 0.25) is 0 Å². The SMILES string of the molecule is CCO/N=C(/C/C=N/OCC)c1ccc(C(C)C)cc1. The highest BCUT2D eigenvalue weighted by Gasteiger charge is 2.05. The summed E-state index contributed by atoms with van der Waals surface area (Å²) in [5.41, 5.74) is 3.21. The Morgan fingerprint density at radius 3 is 2.30 bits per heavy atom. The summed E-state index contributed by atoms with van der Waals surface area (Å²) < 4.78 is 0. The molecule has 1 aromatic carbocycles. The van der Waals surface area contributed by atoms with Crippen molar-refractivity contribution in [3.63, 3.8) is 0 Å². The summed E-state index contributed by atoms with van der Waals surface area (Å²) in [6, 6.07) is 8.39. The summed E-state index contributed by atoms with van der Waals surface area (Å²) in [7, 11) is 0. The Kier molecular flexibility index (Phi) is 7.40. The van der Waals surface area contributed by atoms with E-state index in [0.29, 0.717) is 25.6 Å². The van der Waals surface area contributed by atoms with Gasteiger partial charge in [0.1, 0.15) is 13.2 Å². The fraction of sp³-hybridized carbons (Fsp3) is 0.500. The maximum Gasteiger partial charge on any atom is 0.114 e. The highest BCUT2D eigenvalue weighted by Crippen LogP contribution is 2.15. The van der Waals surface area contributed by atoms with Crippen molar-refractivity contribution in [2.45, 2.75) is 40.0 Å². The van der Waals surface area contributed by atoms with Gasteiger partial charge in [0.05, 0.1) is 5.71 Å². The van der Waals surface area contributed by atoms with Crippen molar-refractivity contribution in [3.05, 3.63) is 35.4 Å². The highest BCUT2D eigenvalue weighted by atomic mass is 16.6. The Morgan fingerprint density at radius 1 is 1.10 bits per heavy atom. The molecule has 0 N–H and O–H groups in total. The van der Waals surface area contributed by atoms with Gasteiger partial charge >= 0.3 is 0 Å². The van der Waals surface area contributed by atoms with Crippen LogP contribution in [0.1, 0.15) is 51.2 Å². The van der Waals surface area contributed by atoms with Crippen molar-refractivity contribution in [2.75, 3.05) is 13.2 Å². The van der Waals surface area contributed by atoms with Crippen LogP contribution in [0, 0.1) is 0 Å². The number of hydrogen-bond acceptors (Lipinski definition) is 4. The van der Waals surface area contributed by atoms with Gasteiger partial charge < -0.3 is 9.68 Å². The molecule has 20 heavy (non-hydrogen) atoms. The number of nitrogens with zero attached hydrogens (tertiary/aromatic N) is 2. The second-order valence-corrected chi connectivity index (χ2v) is 4.64. The lowest BCUT2D eigenvalue weighted by Crippen LogP contribution is -2.04. The van der Waals surface area contributed by atoms with E-state index in [1.807, 2.05) is 13.8 Å². The van der Waals surface area contributed by atoms with Gasteiger partial charge in [-0.05, 0) is 30.9 Å². The van der Waals surface area contributed by atoms with E-state index in [-0.39, 0.29) is 0 Å². The third-order valence-corrected chi connectivity index (χ3v) is 2.78. The number of benzene rings is 1. The van der Waals surface area contributed by atoms with Gasteiger partial charge in [0.25, 0.3) is 0 Å². The summed E-state index contributed by atoms with van der Waals surface area (Å²) >= 11 is 0. The lowest BCUT2D eigenvalue weighted by molar-refractivity contribution is 0.157. The molecule has 0 unspecified atom stereocenters. The molecule has 0 aliphatic carbocycles. The first-order chi connectivity index (χ1) is 9.69. The molecule has 0 aliphatic heterocycles. The Bertz CT molecular complexity index is 436. The minimum absolute atomic E-state index is 0.524. The van der Waals surface area contributed by atoms with Crippen LogP contribution in [0.4, 0.5) is 0 Å². The predicted molar refractivity (Wildman–Crippen MR) is 83.4 cm³/mol. The van der Waals surface area contributed by atoms with E-state index in [2.05, 4.69) is 48.4 Å². The van der Waals surface area contributed by atoms with Crippen LogP contribution in [0.15, 0.2) is 34.6 Å². The third kappa shape index (κ3) is 5.43. The zero-order chi connectivity index (χ0) is 14.8. The lowest BCUT2D eigenvalue weighted by atomic mass is 9.99. The van der Waals surface area contributed by atoms with E-state index in [9.17, 15) is 0 Å². The van der Waals surface area contributed by atoms with Crippen LogP contribution >= 0.6 is 0 Å². The Hall–Kier alpha value is -1.84. The molecule has 0 heterocycles. The standard InChI is InChI=1S/C16H24N2O2/c1-5-19-17-12-11-16(18-20-6-2)15-9-7-14(8-10-15)13(3)4/h7-10,12-13H,5-6,11H2,1-4H3/b17-12+,18-16-. The van der Waals surface area contributed by atoms with E-state index in [1.54, 1.807) is 6.21 Å². The Balaban J connectivity index is 2.81. The van der Waals surface area contributed by atoms with Crippen molar-refractivity contribution in [3.8, 4) is 0 Å². The fourth-order valence-corrected chi connectivity index (χ4v) is 1.66. The van der Waals surface area contributed by atoms with E-state index in [4.69, 9.17) is 9.68 Å². The maximum atomic E-state index is 5.17. The molecule has 0 aliphatic rings. The molecule has 0 radical (unpaired) electrons. The van der Waals surface area contributed by atoms with Gasteiger partial charge in [0.15, 0.2) is 0 Å².